The maximum Gasteiger partial charge on any atom is 0.124 e. The first-order valence-electron chi connectivity index (χ1n) is 8.06. The van der Waals surface area contributed by atoms with Crippen molar-refractivity contribution in [3.05, 3.63) is 63.6 Å². The largest absolute Gasteiger partial charge is 0.489 e. The number of nitrogens with one attached hydrogen (secondary N) is 1. The van der Waals surface area contributed by atoms with Gasteiger partial charge in [0.25, 0.3) is 0 Å². The number of benzene rings is 2. The van der Waals surface area contributed by atoms with E-state index in [-0.39, 0.29) is 0 Å². The van der Waals surface area contributed by atoms with E-state index in [2.05, 4.69) is 30.4 Å². The molecule has 0 aliphatic carbocycles. The molecular formula is C19H24Cl2N2O. The molecule has 0 saturated carbocycles. The van der Waals surface area contributed by atoms with E-state index in [1.807, 2.05) is 30.3 Å². The van der Waals surface area contributed by atoms with Crippen molar-refractivity contribution in [1.82, 2.24) is 10.2 Å². The smallest absolute Gasteiger partial charge is 0.124 e. The van der Waals surface area contributed by atoms with Gasteiger partial charge in [0, 0.05) is 27.7 Å². The first-order valence-corrected chi connectivity index (χ1v) is 8.82. The summed E-state index contributed by atoms with van der Waals surface area (Å²) in [6, 6.07) is 13.5. The maximum absolute atomic E-state index is 6.20. The van der Waals surface area contributed by atoms with E-state index in [0.717, 1.165) is 42.9 Å². The zero-order valence-electron chi connectivity index (χ0n) is 14.2. The number of nitrogens with zero attached hydrogens (tertiary/aromatic N) is 1. The number of ether oxygens (including phenoxy) is 1. The van der Waals surface area contributed by atoms with Crippen molar-refractivity contribution in [3.63, 3.8) is 0 Å². The highest BCUT2D eigenvalue weighted by atomic mass is 35.5. The highest BCUT2D eigenvalue weighted by Crippen LogP contribution is 2.24. The second-order valence-electron chi connectivity index (χ2n) is 5.97. The molecule has 0 bridgehead atoms. The summed E-state index contributed by atoms with van der Waals surface area (Å²) in [5.41, 5.74) is 2.07. The van der Waals surface area contributed by atoms with Gasteiger partial charge in [0.1, 0.15) is 12.4 Å². The van der Waals surface area contributed by atoms with Crippen molar-refractivity contribution >= 4 is 23.2 Å². The Kier molecular flexibility index (Phi) is 7.86. The normalized spacial score (nSPS) is 11.0. The Labute approximate surface area is 154 Å². The van der Waals surface area contributed by atoms with Crippen LogP contribution in [0, 0.1) is 0 Å². The van der Waals surface area contributed by atoms with Crippen molar-refractivity contribution < 1.29 is 4.74 Å². The highest BCUT2D eigenvalue weighted by Gasteiger charge is 2.06. The molecule has 2 aromatic carbocycles. The van der Waals surface area contributed by atoms with Crippen LogP contribution in [0.1, 0.15) is 17.5 Å². The molecule has 2 rings (SSSR count). The Hall–Kier alpha value is -1.26. The molecule has 5 heteroatoms. The van der Waals surface area contributed by atoms with Gasteiger partial charge >= 0.3 is 0 Å². The van der Waals surface area contributed by atoms with Crippen molar-refractivity contribution in [1.29, 1.82) is 0 Å². The lowest BCUT2D eigenvalue weighted by molar-refractivity contribution is 0.302. The Balaban J connectivity index is 1.88. The van der Waals surface area contributed by atoms with E-state index in [4.69, 9.17) is 27.9 Å². The van der Waals surface area contributed by atoms with E-state index in [1.54, 1.807) is 6.07 Å². The van der Waals surface area contributed by atoms with Crippen LogP contribution in [0.4, 0.5) is 0 Å². The molecule has 0 atom stereocenters. The Morgan fingerprint density at radius 2 is 1.83 bits per heavy atom. The second-order valence-corrected chi connectivity index (χ2v) is 6.81. The third kappa shape index (κ3) is 6.33. The van der Waals surface area contributed by atoms with Crippen LogP contribution in [0.25, 0.3) is 0 Å². The van der Waals surface area contributed by atoms with Crippen molar-refractivity contribution in [3.8, 4) is 5.75 Å². The van der Waals surface area contributed by atoms with Crippen LogP contribution in [0.15, 0.2) is 42.5 Å². The van der Waals surface area contributed by atoms with E-state index in [0.29, 0.717) is 16.7 Å². The minimum atomic E-state index is 0.424. The molecule has 0 unspecified atom stereocenters. The third-order valence-electron chi connectivity index (χ3n) is 3.65. The van der Waals surface area contributed by atoms with Gasteiger partial charge in [-0.1, -0.05) is 47.5 Å². The fourth-order valence-corrected chi connectivity index (χ4v) is 2.79. The molecule has 0 heterocycles. The van der Waals surface area contributed by atoms with Gasteiger partial charge in [-0.2, -0.15) is 0 Å². The van der Waals surface area contributed by atoms with Crippen LogP contribution < -0.4 is 10.1 Å². The van der Waals surface area contributed by atoms with Gasteiger partial charge < -0.3 is 15.0 Å². The lowest BCUT2D eigenvalue weighted by Crippen LogP contribution is -2.21. The topological polar surface area (TPSA) is 24.5 Å². The molecule has 0 aliphatic rings. The number of para-hydroxylation sites is 1. The monoisotopic (exact) mass is 366 g/mol. The molecule has 130 valence electrons. The molecule has 0 aromatic heterocycles. The van der Waals surface area contributed by atoms with Crippen LogP contribution in [0.3, 0.4) is 0 Å². The summed E-state index contributed by atoms with van der Waals surface area (Å²) in [7, 11) is 4.18. The molecule has 24 heavy (non-hydrogen) atoms. The first-order chi connectivity index (χ1) is 11.6. The summed E-state index contributed by atoms with van der Waals surface area (Å²) in [5.74, 6) is 0.878. The van der Waals surface area contributed by atoms with Gasteiger partial charge in [-0.15, -0.1) is 0 Å². The minimum absolute atomic E-state index is 0.424. The van der Waals surface area contributed by atoms with Crippen LogP contribution in [-0.2, 0) is 13.2 Å². The summed E-state index contributed by atoms with van der Waals surface area (Å²) >= 11 is 12.1. The molecule has 0 aliphatic heterocycles. The number of rotatable bonds is 9. The van der Waals surface area contributed by atoms with E-state index < -0.39 is 0 Å². The van der Waals surface area contributed by atoms with Crippen molar-refractivity contribution in [2.75, 3.05) is 27.2 Å². The summed E-state index contributed by atoms with van der Waals surface area (Å²) in [4.78, 5) is 2.19. The van der Waals surface area contributed by atoms with Crippen LogP contribution in [0.2, 0.25) is 10.0 Å². The summed E-state index contributed by atoms with van der Waals surface area (Å²) < 4.78 is 5.96. The van der Waals surface area contributed by atoms with Crippen molar-refractivity contribution in [2.24, 2.45) is 0 Å². The van der Waals surface area contributed by atoms with Crippen molar-refractivity contribution in [2.45, 2.75) is 19.6 Å². The average molecular weight is 367 g/mol. The van der Waals surface area contributed by atoms with E-state index in [1.165, 1.54) is 0 Å². The zero-order valence-corrected chi connectivity index (χ0v) is 15.7. The molecule has 1 N–H and O–H groups in total. The van der Waals surface area contributed by atoms with Crippen LogP contribution >= 0.6 is 23.2 Å². The molecule has 2 aromatic rings. The van der Waals surface area contributed by atoms with Crippen LogP contribution in [-0.4, -0.2) is 32.1 Å². The highest BCUT2D eigenvalue weighted by molar-refractivity contribution is 6.35. The maximum atomic E-state index is 6.20. The molecule has 0 spiro atoms. The molecule has 0 fully saturated rings. The Morgan fingerprint density at radius 1 is 1.04 bits per heavy atom. The lowest BCUT2D eigenvalue weighted by Gasteiger charge is -2.14. The molecule has 0 saturated heterocycles. The van der Waals surface area contributed by atoms with E-state index in [9.17, 15) is 0 Å². The molecule has 3 nitrogen and oxygen atoms in total. The summed E-state index contributed by atoms with van der Waals surface area (Å²) in [6.07, 6.45) is 1.12. The van der Waals surface area contributed by atoms with Gasteiger partial charge in [0.2, 0.25) is 0 Å². The van der Waals surface area contributed by atoms with Gasteiger partial charge in [-0.05, 0) is 51.8 Å². The first kappa shape index (κ1) is 19.1. The summed E-state index contributed by atoms with van der Waals surface area (Å²) in [5, 5.41) is 4.72. The minimum Gasteiger partial charge on any atom is -0.489 e. The predicted molar refractivity (Wildman–Crippen MR) is 102 cm³/mol. The van der Waals surface area contributed by atoms with Gasteiger partial charge in [-0.3, -0.25) is 0 Å². The van der Waals surface area contributed by atoms with Gasteiger partial charge in [0.05, 0.1) is 0 Å². The SMILES string of the molecule is CN(C)CCCNCc1ccccc1OCc1ccc(Cl)cc1Cl. The number of hydrogen-bond acceptors (Lipinski definition) is 3. The van der Waals surface area contributed by atoms with E-state index >= 15 is 0 Å². The standard InChI is InChI=1S/C19H24Cl2N2O/c1-23(2)11-5-10-22-13-15-6-3-4-7-19(15)24-14-16-8-9-17(20)12-18(16)21/h3-4,6-9,12,22H,5,10-11,13-14H2,1-2H3. The van der Waals surface area contributed by atoms with Gasteiger partial charge in [0.15, 0.2) is 0 Å². The second kappa shape index (κ2) is 9.90. The summed E-state index contributed by atoms with van der Waals surface area (Å²) in [6.45, 7) is 3.28. The zero-order chi connectivity index (χ0) is 17.4. The fourth-order valence-electron chi connectivity index (χ4n) is 2.33. The number of hydrogen-bond donors (Lipinski definition) is 1. The predicted octanol–water partition coefficient (Wildman–Crippen LogP) is 4.61. The molecular weight excluding hydrogens is 343 g/mol. The van der Waals surface area contributed by atoms with Crippen LogP contribution in [0.5, 0.6) is 5.75 Å². The lowest BCUT2D eigenvalue weighted by atomic mass is 10.2. The Morgan fingerprint density at radius 3 is 2.58 bits per heavy atom. The fraction of sp³-hybridized carbons (Fsp3) is 0.368. The molecule has 0 radical (unpaired) electrons. The molecule has 0 amide bonds. The Bertz CT molecular complexity index is 647. The average Bonchev–Trinajstić information content (AvgIpc) is 2.54. The third-order valence-corrected chi connectivity index (χ3v) is 4.23. The number of halogens is 2. The van der Waals surface area contributed by atoms with Gasteiger partial charge in [-0.25, -0.2) is 0 Å². The quantitative estimate of drug-likeness (QED) is 0.655.